The minimum absolute atomic E-state index is 0. The summed E-state index contributed by atoms with van der Waals surface area (Å²) in [6, 6.07) is 1.62. The summed E-state index contributed by atoms with van der Waals surface area (Å²) in [5.74, 6) is -0.930. The van der Waals surface area contributed by atoms with E-state index in [4.69, 9.17) is 5.11 Å². The summed E-state index contributed by atoms with van der Waals surface area (Å²) in [4.78, 5) is 14.3. The Labute approximate surface area is 94.6 Å². The van der Waals surface area contributed by atoms with Crippen LogP contribution in [-0.2, 0) is 0 Å². The maximum absolute atomic E-state index is 10.4. The van der Waals surface area contributed by atoms with Crippen LogP contribution in [0.25, 0.3) is 0 Å². The average molecular weight is 175 g/mol. The fraction of sp³-hybridized carbons (Fsp3) is 0.250. The van der Waals surface area contributed by atoms with Crippen LogP contribution in [0.5, 0.6) is 0 Å². The molecule has 0 saturated heterocycles. The van der Waals surface area contributed by atoms with Gasteiger partial charge in [-0.15, -0.1) is 0 Å². The van der Waals surface area contributed by atoms with Gasteiger partial charge in [0.25, 0.3) is 0 Å². The second kappa shape index (κ2) is 4.60. The predicted molar refractivity (Wildman–Crippen MR) is 41.8 cm³/mol. The number of rotatable bonds is 1. The molecule has 0 aliphatic carbocycles. The van der Waals surface area contributed by atoms with E-state index in [1.165, 1.54) is 6.20 Å². The molecule has 0 spiro atoms. The first-order valence-electron chi connectivity index (χ1n) is 3.28. The molecule has 0 radical (unpaired) electrons. The normalized spacial score (nSPS) is 8.83. The molecule has 0 atom stereocenters. The second-order valence-corrected chi connectivity index (χ2v) is 2.43. The van der Waals surface area contributed by atoms with E-state index in [-0.39, 0.29) is 36.5 Å². The van der Waals surface area contributed by atoms with Crippen LogP contribution in [-0.4, -0.2) is 16.1 Å². The zero-order valence-electron chi connectivity index (χ0n) is 8.46. The summed E-state index contributed by atoms with van der Waals surface area (Å²) in [7, 11) is 0. The van der Waals surface area contributed by atoms with Crippen molar-refractivity contribution < 1.29 is 40.9 Å². The molecule has 0 fully saturated rings. The number of carboxylic acids is 1. The first-order chi connectivity index (χ1) is 5.11. The number of pyridine rings is 1. The van der Waals surface area contributed by atoms with Crippen LogP contribution in [0.15, 0.2) is 12.3 Å². The molecule has 1 aromatic heterocycles. The van der Waals surface area contributed by atoms with Crippen LogP contribution in [0.1, 0.15) is 23.0 Å². The van der Waals surface area contributed by atoms with Gasteiger partial charge in [-0.05, 0) is 25.5 Å². The largest absolute Gasteiger partial charge is 1.00 e. The average Bonchev–Trinajstić information content (AvgIpc) is 1.94. The molecule has 0 bridgehead atoms. The SMILES string of the molecule is Cc1cc(C(=O)O)cnc1C.[H-].[Na+]. The van der Waals surface area contributed by atoms with Crippen LogP contribution in [0.4, 0.5) is 0 Å². The van der Waals surface area contributed by atoms with E-state index in [0.29, 0.717) is 0 Å². The molecule has 1 rings (SSSR count). The molecule has 0 aliphatic heterocycles. The summed E-state index contributed by atoms with van der Waals surface area (Å²) in [6.07, 6.45) is 1.37. The smallest absolute Gasteiger partial charge is 1.00 e. The number of hydrogen-bond acceptors (Lipinski definition) is 2. The maximum Gasteiger partial charge on any atom is 1.00 e. The number of aryl methyl sites for hydroxylation is 2. The van der Waals surface area contributed by atoms with Gasteiger partial charge in [-0.2, -0.15) is 0 Å². The minimum Gasteiger partial charge on any atom is -1.00 e. The summed E-state index contributed by atoms with van der Waals surface area (Å²) in [6.45, 7) is 3.69. The molecule has 0 amide bonds. The second-order valence-electron chi connectivity index (χ2n) is 2.43. The summed E-state index contributed by atoms with van der Waals surface area (Å²) in [5, 5.41) is 8.56. The Morgan fingerprint density at radius 2 is 2.17 bits per heavy atom. The third-order valence-corrected chi connectivity index (χ3v) is 1.59. The van der Waals surface area contributed by atoms with Gasteiger partial charge >= 0.3 is 35.5 Å². The van der Waals surface area contributed by atoms with E-state index in [0.717, 1.165) is 11.3 Å². The number of aromatic carboxylic acids is 1. The molecular formula is C8H10NNaO2. The topological polar surface area (TPSA) is 50.2 Å². The molecule has 60 valence electrons. The van der Waals surface area contributed by atoms with E-state index >= 15 is 0 Å². The first kappa shape index (κ1) is 11.6. The standard InChI is InChI=1S/C8H9NO2.Na.H/c1-5-3-7(8(10)11)4-9-6(5)2;;/h3-4H,1-2H3,(H,10,11);;/q;+1;-1. The van der Waals surface area contributed by atoms with Crippen LogP contribution in [0, 0.1) is 13.8 Å². The van der Waals surface area contributed by atoms with Crippen molar-refractivity contribution in [2.24, 2.45) is 0 Å². The molecular weight excluding hydrogens is 165 g/mol. The van der Waals surface area contributed by atoms with Crippen molar-refractivity contribution in [2.45, 2.75) is 13.8 Å². The molecule has 1 aromatic rings. The van der Waals surface area contributed by atoms with E-state index in [2.05, 4.69) is 4.98 Å². The van der Waals surface area contributed by atoms with Crippen molar-refractivity contribution in [1.82, 2.24) is 4.98 Å². The third-order valence-electron chi connectivity index (χ3n) is 1.59. The maximum atomic E-state index is 10.4. The number of hydrogen-bond donors (Lipinski definition) is 1. The number of carbonyl (C=O) groups is 1. The summed E-state index contributed by atoms with van der Waals surface area (Å²) in [5.41, 5.74) is 2.02. The van der Waals surface area contributed by atoms with E-state index in [1.807, 2.05) is 13.8 Å². The quantitative estimate of drug-likeness (QED) is 0.529. The van der Waals surface area contributed by atoms with Crippen molar-refractivity contribution >= 4 is 5.97 Å². The monoisotopic (exact) mass is 175 g/mol. The van der Waals surface area contributed by atoms with Gasteiger partial charge in [-0.25, -0.2) is 4.79 Å². The van der Waals surface area contributed by atoms with Crippen molar-refractivity contribution in [2.75, 3.05) is 0 Å². The van der Waals surface area contributed by atoms with Crippen molar-refractivity contribution in [1.29, 1.82) is 0 Å². The van der Waals surface area contributed by atoms with Gasteiger partial charge < -0.3 is 6.53 Å². The summed E-state index contributed by atoms with van der Waals surface area (Å²) < 4.78 is 0. The zero-order chi connectivity index (χ0) is 8.43. The van der Waals surface area contributed by atoms with Crippen molar-refractivity contribution in [3.63, 3.8) is 0 Å². The Hall–Kier alpha value is -0.380. The van der Waals surface area contributed by atoms with Crippen LogP contribution in [0.2, 0.25) is 0 Å². The molecule has 0 aliphatic rings. The van der Waals surface area contributed by atoms with Gasteiger partial charge in [0.05, 0.1) is 5.56 Å². The van der Waals surface area contributed by atoms with Gasteiger partial charge in [0, 0.05) is 11.9 Å². The van der Waals surface area contributed by atoms with Gasteiger partial charge in [0.1, 0.15) is 0 Å². The molecule has 12 heavy (non-hydrogen) atoms. The van der Waals surface area contributed by atoms with E-state index in [1.54, 1.807) is 6.07 Å². The molecule has 4 heteroatoms. The Morgan fingerprint density at radius 1 is 1.58 bits per heavy atom. The Kier molecular flexibility index (Phi) is 4.45. The van der Waals surface area contributed by atoms with Crippen molar-refractivity contribution in [3.8, 4) is 0 Å². The molecule has 1 N–H and O–H groups in total. The molecule has 0 saturated carbocycles. The number of nitrogens with zero attached hydrogens (tertiary/aromatic N) is 1. The predicted octanol–water partition coefficient (Wildman–Crippen LogP) is -1.49. The van der Waals surface area contributed by atoms with Crippen LogP contribution < -0.4 is 29.6 Å². The number of carboxylic acid groups (broad SMARTS) is 1. The molecule has 0 unspecified atom stereocenters. The van der Waals surface area contributed by atoms with E-state index < -0.39 is 5.97 Å². The molecule has 1 heterocycles. The van der Waals surface area contributed by atoms with Gasteiger partial charge in [0.15, 0.2) is 0 Å². The Balaban J connectivity index is 0. The van der Waals surface area contributed by atoms with Crippen LogP contribution in [0.3, 0.4) is 0 Å². The number of aromatic nitrogens is 1. The molecule has 3 nitrogen and oxygen atoms in total. The van der Waals surface area contributed by atoms with Gasteiger partial charge in [-0.3, -0.25) is 4.98 Å². The van der Waals surface area contributed by atoms with Crippen LogP contribution >= 0.6 is 0 Å². The van der Waals surface area contributed by atoms with E-state index in [9.17, 15) is 4.79 Å². The summed E-state index contributed by atoms with van der Waals surface area (Å²) >= 11 is 0. The zero-order valence-corrected chi connectivity index (χ0v) is 9.46. The fourth-order valence-electron chi connectivity index (χ4n) is 0.760. The first-order valence-corrected chi connectivity index (χ1v) is 3.28. The van der Waals surface area contributed by atoms with Gasteiger partial charge in [0.2, 0.25) is 0 Å². The third kappa shape index (κ3) is 2.59. The Bertz CT molecular complexity index is 304. The molecule has 0 aromatic carbocycles. The fourth-order valence-corrected chi connectivity index (χ4v) is 0.760. The minimum atomic E-state index is -0.930. The Morgan fingerprint density at radius 3 is 2.58 bits per heavy atom. The van der Waals surface area contributed by atoms with Crippen molar-refractivity contribution in [3.05, 3.63) is 29.1 Å². The van der Waals surface area contributed by atoms with Gasteiger partial charge in [-0.1, -0.05) is 0 Å².